The summed E-state index contributed by atoms with van der Waals surface area (Å²) in [6, 6.07) is 13.2. The molecule has 0 aliphatic rings. The molecule has 3 nitrogen and oxygen atoms in total. The zero-order valence-electron chi connectivity index (χ0n) is 10.4. The molecular weight excluding hydrogens is 338 g/mol. The third kappa shape index (κ3) is 2.94. The molecule has 0 radical (unpaired) electrons. The second kappa shape index (κ2) is 5.81. The van der Waals surface area contributed by atoms with Crippen LogP contribution in [0.5, 0.6) is 0 Å². The lowest BCUT2D eigenvalue weighted by atomic mass is 10.2. The zero-order valence-corrected chi connectivity index (χ0v) is 12.8. The highest BCUT2D eigenvalue weighted by molar-refractivity contribution is 9.10. The van der Waals surface area contributed by atoms with E-state index < -0.39 is 0 Å². The van der Waals surface area contributed by atoms with Crippen LogP contribution in [0.3, 0.4) is 0 Å². The molecule has 0 spiro atoms. The average molecular weight is 348 g/mol. The van der Waals surface area contributed by atoms with Crippen LogP contribution in [0.2, 0.25) is 0 Å². The smallest absolute Gasteiger partial charge is 0.208 e. The summed E-state index contributed by atoms with van der Waals surface area (Å²) in [6.45, 7) is 0. The minimum Gasteiger partial charge on any atom is -0.453 e. The number of fused-ring (bicyclic) bond motifs is 1. The maximum Gasteiger partial charge on any atom is 0.208 e. The zero-order chi connectivity index (χ0) is 13.9. The second-order valence-electron chi connectivity index (χ2n) is 4.17. The van der Waals surface area contributed by atoms with Gasteiger partial charge >= 0.3 is 0 Å². The van der Waals surface area contributed by atoms with Gasteiger partial charge in [-0.3, -0.25) is 4.79 Å². The average Bonchev–Trinajstić information content (AvgIpc) is 2.90. The number of aromatic nitrogens is 1. The summed E-state index contributed by atoms with van der Waals surface area (Å²) in [5.74, 6) is 0.681. The Labute approximate surface area is 128 Å². The van der Waals surface area contributed by atoms with Gasteiger partial charge in [0.1, 0.15) is 5.58 Å². The summed E-state index contributed by atoms with van der Waals surface area (Å²) in [5.41, 5.74) is 0.739. The van der Waals surface area contributed by atoms with Gasteiger partial charge in [0.15, 0.2) is 5.76 Å². The molecule has 100 valence electrons. The maximum absolute atomic E-state index is 12.1. The SMILES string of the molecule is O=C(CSc1ccc(Br)cn1)c1cc2ccccc2o1. The number of rotatable bonds is 4. The van der Waals surface area contributed by atoms with Gasteiger partial charge in [-0.2, -0.15) is 0 Å². The van der Waals surface area contributed by atoms with E-state index in [0.29, 0.717) is 11.5 Å². The van der Waals surface area contributed by atoms with Crippen LogP contribution in [0.1, 0.15) is 10.6 Å². The first-order valence-electron chi connectivity index (χ1n) is 5.98. The van der Waals surface area contributed by atoms with E-state index in [1.165, 1.54) is 11.8 Å². The molecule has 2 aromatic heterocycles. The number of hydrogen-bond acceptors (Lipinski definition) is 4. The van der Waals surface area contributed by atoms with Crippen molar-refractivity contribution in [2.45, 2.75) is 5.03 Å². The molecule has 0 atom stereocenters. The molecule has 3 rings (SSSR count). The van der Waals surface area contributed by atoms with E-state index in [1.807, 2.05) is 36.4 Å². The molecule has 0 saturated carbocycles. The first-order valence-corrected chi connectivity index (χ1v) is 7.76. The highest BCUT2D eigenvalue weighted by Crippen LogP contribution is 2.22. The summed E-state index contributed by atoms with van der Waals surface area (Å²) in [6.07, 6.45) is 1.72. The monoisotopic (exact) mass is 347 g/mol. The van der Waals surface area contributed by atoms with Gasteiger partial charge in [-0.15, -0.1) is 0 Å². The van der Waals surface area contributed by atoms with Crippen molar-refractivity contribution in [2.75, 3.05) is 5.75 Å². The molecule has 0 fully saturated rings. The Morgan fingerprint density at radius 2 is 2.10 bits per heavy atom. The number of pyridine rings is 1. The van der Waals surface area contributed by atoms with E-state index in [0.717, 1.165) is 20.5 Å². The standard InChI is InChI=1S/C15H10BrNO2S/c16-11-5-6-15(17-8-11)20-9-12(18)14-7-10-3-1-2-4-13(10)19-14/h1-8H,9H2. The van der Waals surface area contributed by atoms with Crippen molar-refractivity contribution in [1.82, 2.24) is 4.98 Å². The Bertz CT molecular complexity index is 719. The van der Waals surface area contributed by atoms with Gasteiger partial charge in [0.2, 0.25) is 5.78 Å². The number of ketones is 1. The fourth-order valence-corrected chi connectivity index (χ4v) is 2.72. The number of furan rings is 1. The minimum absolute atomic E-state index is 0.0316. The number of nitrogens with zero attached hydrogens (tertiary/aromatic N) is 1. The molecule has 20 heavy (non-hydrogen) atoms. The van der Waals surface area contributed by atoms with Gasteiger partial charge < -0.3 is 4.42 Å². The van der Waals surface area contributed by atoms with E-state index >= 15 is 0 Å². The maximum atomic E-state index is 12.1. The summed E-state index contributed by atoms with van der Waals surface area (Å²) in [5, 5.41) is 1.76. The first kappa shape index (κ1) is 13.4. The van der Waals surface area contributed by atoms with E-state index in [4.69, 9.17) is 4.42 Å². The van der Waals surface area contributed by atoms with Crippen LogP contribution in [0.4, 0.5) is 0 Å². The van der Waals surface area contributed by atoms with Gasteiger partial charge in [0.05, 0.1) is 10.8 Å². The molecule has 0 unspecified atom stereocenters. The van der Waals surface area contributed by atoms with Crippen molar-refractivity contribution in [3.63, 3.8) is 0 Å². The number of hydrogen-bond donors (Lipinski definition) is 0. The Morgan fingerprint density at radius 3 is 2.85 bits per heavy atom. The number of carbonyl (C=O) groups excluding carboxylic acids is 1. The normalized spacial score (nSPS) is 10.8. The number of benzene rings is 1. The second-order valence-corrected chi connectivity index (χ2v) is 6.09. The van der Waals surface area contributed by atoms with E-state index in [1.54, 1.807) is 12.3 Å². The number of para-hydroxylation sites is 1. The molecule has 0 aliphatic heterocycles. The molecule has 3 aromatic rings. The van der Waals surface area contributed by atoms with Crippen LogP contribution in [0.15, 0.2) is 62.6 Å². The van der Waals surface area contributed by atoms with Crippen molar-refractivity contribution >= 4 is 44.4 Å². The van der Waals surface area contributed by atoms with Crippen LogP contribution in [0.25, 0.3) is 11.0 Å². The molecule has 0 N–H and O–H groups in total. The molecule has 5 heteroatoms. The van der Waals surface area contributed by atoms with Gasteiger partial charge in [-0.05, 0) is 40.2 Å². The molecule has 0 amide bonds. The topological polar surface area (TPSA) is 43.1 Å². The molecule has 0 bridgehead atoms. The number of Topliss-reactive ketones (excluding diaryl/α,β-unsaturated/α-hetero) is 1. The number of carbonyl (C=O) groups is 1. The first-order chi connectivity index (χ1) is 9.72. The lowest BCUT2D eigenvalue weighted by molar-refractivity contribution is 0.0994. The largest absolute Gasteiger partial charge is 0.453 e. The Morgan fingerprint density at radius 1 is 1.25 bits per heavy atom. The van der Waals surface area contributed by atoms with Crippen molar-refractivity contribution in [2.24, 2.45) is 0 Å². The van der Waals surface area contributed by atoms with Crippen LogP contribution in [-0.2, 0) is 0 Å². The van der Waals surface area contributed by atoms with Crippen LogP contribution < -0.4 is 0 Å². The lowest BCUT2D eigenvalue weighted by Gasteiger charge is -1.98. The molecule has 2 heterocycles. The predicted octanol–water partition coefficient (Wildman–Crippen LogP) is 4.57. The van der Waals surface area contributed by atoms with E-state index in [2.05, 4.69) is 20.9 Å². The van der Waals surface area contributed by atoms with Crippen LogP contribution >= 0.6 is 27.7 Å². The fourth-order valence-electron chi connectivity index (χ4n) is 1.78. The number of thioether (sulfide) groups is 1. The third-order valence-corrected chi connectivity index (χ3v) is 4.16. The Hall–Kier alpha value is -1.59. The lowest BCUT2D eigenvalue weighted by Crippen LogP contribution is -2.00. The summed E-state index contributed by atoms with van der Waals surface area (Å²) >= 11 is 4.73. The molecular formula is C15H10BrNO2S. The quantitative estimate of drug-likeness (QED) is 0.512. The molecule has 0 aliphatic carbocycles. The molecule has 0 saturated heterocycles. The van der Waals surface area contributed by atoms with Crippen molar-refractivity contribution in [3.8, 4) is 0 Å². The highest BCUT2D eigenvalue weighted by Gasteiger charge is 2.12. The Kier molecular flexibility index (Phi) is 3.89. The van der Waals surface area contributed by atoms with Gasteiger partial charge in [0.25, 0.3) is 0 Å². The van der Waals surface area contributed by atoms with E-state index in [9.17, 15) is 4.79 Å². The van der Waals surface area contributed by atoms with Gasteiger partial charge in [-0.1, -0.05) is 30.0 Å². The number of halogens is 1. The fraction of sp³-hybridized carbons (Fsp3) is 0.0667. The van der Waals surface area contributed by atoms with Crippen molar-refractivity contribution in [1.29, 1.82) is 0 Å². The van der Waals surface area contributed by atoms with E-state index in [-0.39, 0.29) is 5.78 Å². The molecule has 1 aromatic carbocycles. The summed E-state index contributed by atoms with van der Waals surface area (Å²) in [4.78, 5) is 16.3. The third-order valence-electron chi connectivity index (χ3n) is 2.75. The minimum atomic E-state index is -0.0316. The summed E-state index contributed by atoms with van der Waals surface area (Å²) < 4.78 is 6.47. The van der Waals surface area contributed by atoms with Crippen LogP contribution in [-0.4, -0.2) is 16.5 Å². The van der Waals surface area contributed by atoms with Crippen molar-refractivity contribution in [3.05, 3.63) is 58.9 Å². The predicted molar refractivity (Wildman–Crippen MR) is 83.2 cm³/mol. The van der Waals surface area contributed by atoms with Crippen molar-refractivity contribution < 1.29 is 9.21 Å². The summed E-state index contributed by atoms with van der Waals surface area (Å²) in [7, 11) is 0. The van der Waals surface area contributed by atoms with Crippen LogP contribution in [0, 0.1) is 0 Å². The van der Waals surface area contributed by atoms with Gasteiger partial charge in [-0.25, -0.2) is 4.98 Å². The highest BCUT2D eigenvalue weighted by atomic mass is 79.9. The van der Waals surface area contributed by atoms with Gasteiger partial charge in [0, 0.05) is 16.1 Å². The Balaban J connectivity index is 1.71.